The van der Waals surface area contributed by atoms with Crippen molar-refractivity contribution < 1.29 is 14.7 Å². The van der Waals surface area contributed by atoms with Crippen molar-refractivity contribution in [1.82, 2.24) is 29.9 Å². The lowest BCUT2D eigenvalue weighted by molar-refractivity contribution is -0.129. The molecule has 1 aliphatic heterocycles. The molecule has 0 saturated carbocycles. The van der Waals surface area contributed by atoms with Gasteiger partial charge in [-0.2, -0.15) is 0 Å². The zero-order chi connectivity index (χ0) is 16.8. The zero-order valence-corrected chi connectivity index (χ0v) is 13.6. The molecular formula is C14H24N6O3. The SMILES string of the molecule is CCn1cnnc1CCNC(=O)N1CCN(C(C)=O)C[C@H](O)C1. The molecule has 9 nitrogen and oxygen atoms in total. The minimum Gasteiger partial charge on any atom is -0.389 e. The van der Waals surface area contributed by atoms with Crippen molar-refractivity contribution in [2.75, 3.05) is 32.7 Å². The molecule has 9 heteroatoms. The predicted octanol–water partition coefficient (Wildman–Crippen LogP) is -0.925. The maximum Gasteiger partial charge on any atom is 0.317 e. The fourth-order valence-electron chi connectivity index (χ4n) is 2.59. The molecule has 1 fully saturated rings. The zero-order valence-electron chi connectivity index (χ0n) is 13.6. The Labute approximate surface area is 135 Å². The quantitative estimate of drug-likeness (QED) is 0.745. The monoisotopic (exact) mass is 324 g/mol. The molecule has 3 amide bonds. The first-order valence-electron chi connectivity index (χ1n) is 7.84. The van der Waals surface area contributed by atoms with Crippen molar-refractivity contribution in [3.05, 3.63) is 12.2 Å². The van der Waals surface area contributed by atoms with Gasteiger partial charge in [0, 0.05) is 46.1 Å². The van der Waals surface area contributed by atoms with Crippen molar-refractivity contribution in [1.29, 1.82) is 0 Å². The molecule has 128 valence electrons. The first kappa shape index (κ1) is 17.2. The highest BCUT2D eigenvalue weighted by Gasteiger charge is 2.25. The first-order chi connectivity index (χ1) is 11.0. The second-order valence-corrected chi connectivity index (χ2v) is 5.58. The molecule has 0 aromatic carbocycles. The average molecular weight is 324 g/mol. The number of hydrogen-bond acceptors (Lipinski definition) is 5. The predicted molar refractivity (Wildman–Crippen MR) is 82.6 cm³/mol. The van der Waals surface area contributed by atoms with Crippen molar-refractivity contribution >= 4 is 11.9 Å². The standard InChI is InChI=1S/C14H24N6O3/c1-3-18-10-16-17-13(18)4-5-15-14(23)20-7-6-19(11(2)21)8-12(22)9-20/h10,12,22H,3-9H2,1-2H3,(H,15,23)/t12-/m0/s1. The Morgan fingerprint density at radius 1 is 1.35 bits per heavy atom. The van der Waals surface area contributed by atoms with E-state index < -0.39 is 6.10 Å². The Balaban J connectivity index is 1.82. The van der Waals surface area contributed by atoms with Crippen LogP contribution in [0.1, 0.15) is 19.7 Å². The highest BCUT2D eigenvalue weighted by atomic mass is 16.3. The summed E-state index contributed by atoms with van der Waals surface area (Å²) < 4.78 is 1.92. The molecule has 1 aliphatic rings. The first-order valence-corrected chi connectivity index (χ1v) is 7.84. The lowest BCUT2D eigenvalue weighted by atomic mass is 10.3. The van der Waals surface area contributed by atoms with Gasteiger partial charge in [-0.15, -0.1) is 10.2 Å². The number of aromatic nitrogens is 3. The molecule has 1 saturated heterocycles. The summed E-state index contributed by atoms with van der Waals surface area (Å²) in [6.07, 6.45) is 1.53. The van der Waals surface area contributed by atoms with Crippen LogP contribution in [0.15, 0.2) is 6.33 Å². The summed E-state index contributed by atoms with van der Waals surface area (Å²) in [5.74, 6) is 0.733. The van der Waals surface area contributed by atoms with Gasteiger partial charge in [0.15, 0.2) is 0 Å². The van der Waals surface area contributed by atoms with Crippen molar-refractivity contribution in [2.24, 2.45) is 0 Å². The summed E-state index contributed by atoms with van der Waals surface area (Å²) in [6, 6.07) is -0.239. The Morgan fingerprint density at radius 3 is 2.74 bits per heavy atom. The van der Waals surface area contributed by atoms with E-state index in [0.717, 1.165) is 12.4 Å². The van der Waals surface area contributed by atoms with E-state index in [9.17, 15) is 14.7 Å². The van der Waals surface area contributed by atoms with Gasteiger partial charge in [-0.25, -0.2) is 4.79 Å². The number of urea groups is 1. The summed E-state index contributed by atoms with van der Waals surface area (Å²) >= 11 is 0. The van der Waals surface area contributed by atoms with Gasteiger partial charge in [0.05, 0.1) is 12.6 Å². The number of nitrogens with zero attached hydrogens (tertiary/aromatic N) is 5. The minimum absolute atomic E-state index is 0.0924. The summed E-state index contributed by atoms with van der Waals surface area (Å²) in [4.78, 5) is 26.7. The van der Waals surface area contributed by atoms with E-state index in [0.29, 0.717) is 26.1 Å². The second-order valence-electron chi connectivity index (χ2n) is 5.58. The minimum atomic E-state index is -0.727. The van der Waals surface area contributed by atoms with Crippen LogP contribution in [0.5, 0.6) is 0 Å². The van der Waals surface area contributed by atoms with Crippen LogP contribution in [0.25, 0.3) is 0 Å². The van der Waals surface area contributed by atoms with Crippen LogP contribution < -0.4 is 5.32 Å². The third kappa shape index (κ3) is 4.65. The summed E-state index contributed by atoms with van der Waals surface area (Å²) in [5, 5.41) is 20.6. The smallest absolute Gasteiger partial charge is 0.317 e. The van der Waals surface area contributed by atoms with Crippen LogP contribution in [-0.4, -0.2) is 80.4 Å². The number of β-amino-alcohol motifs (C(OH)–C–C–N with tert-alkyl or cyclic N) is 1. The summed E-state index contributed by atoms with van der Waals surface area (Å²) in [7, 11) is 0. The molecular weight excluding hydrogens is 300 g/mol. The number of aryl methyl sites for hydroxylation is 1. The number of aliphatic hydroxyl groups excluding tert-OH is 1. The Morgan fingerprint density at radius 2 is 2.04 bits per heavy atom. The number of rotatable bonds is 4. The van der Waals surface area contributed by atoms with E-state index >= 15 is 0 Å². The highest BCUT2D eigenvalue weighted by molar-refractivity contribution is 5.75. The number of carbonyl (C=O) groups excluding carboxylic acids is 2. The molecule has 0 aliphatic carbocycles. The number of carbonyl (C=O) groups is 2. The van der Waals surface area contributed by atoms with Crippen LogP contribution in [0.2, 0.25) is 0 Å². The maximum atomic E-state index is 12.2. The van der Waals surface area contributed by atoms with E-state index in [1.807, 2.05) is 11.5 Å². The van der Waals surface area contributed by atoms with Gasteiger partial charge < -0.3 is 24.8 Å². The molecule has 2 heterocycles. The Hall–Kier alpha value is -2.16. The molecule has 2 N–H and O–H groups in total. The fraction of sp³-hybridized carbons (Fsp3) is 0.714. The molecule has 1 aromatic heterocycles. The Kier molecular flexibility index (Phi) is 5.91. The van der Waals surface area contributed by atoms with Crippen LogP contribution >= 0.6 is 0 Å². The van der Waals surface area contributed by atoms with E-state index in [2.05, 4.69) is 15.5 Å². The normalized spacial score (nSPS) is 18.7. The van der Waals surface area contributed by atoms with Crippen molar-refractivity contribution in [3.63, 3.8) is 0 Å². The molecule has 0 spiro atoms. The van der Waals surface area contributed by atoms with Crippen LogP contribution in [0, 0.1) is 0 Å². The number of amides is 3. The van der Waals surface area contributed by atoms with Gasteiger partial charge >= 0.3 is 6.03 Å². The molecule has 0 unspecified atom stereocenters. The van der Waals surface area contributed by atoms with Crippen molar-refractivity contribution in [2.45, 2.75) is 32.9 Å². The molecule has 23 heavy (non-hydrogen) atoms. The number of aliphatic hydroxyl groups is 1. The number of nitrogens with one attached hydrogen (secondary N) is 1. The largest absolute Gasteiger partial charge is 0.389 e. The maximum absolute atomic E-state index is 12.2. The number of hydrogen-bond donors (Lipinski definition) is 2. The van der Waals surface area contributed by atoms with E-state index in [1.54, 1.807) is 11.2 Å². The van der Waals surface area contributed by atoms with E-state index in [-0.39, 0.29) is 25.0 Å². The topological polar surface area (TPSA) is 104 Å². The Bertz CT molecular complexity index is 546. The molecule has 0 radical (unpaired) electrons. The van der Waals surface area contributed by atoms with Gasteiger partial charge in [-0.1, -0.05) is 0 Å². The summed E-state index contributed by atoms with van der Waals surface area (Å²) in [6.45, 7) is 6.03. The molecule has 1 atom stereocenters. The van der Waals surface area contributed by atoms with Crippen LogP contribution in [-0.2, 0) is 17.8 Å². The van der Waals surface area contributed by atoms with Gasteiger partial charge in [0.25, 0.3) is 0 Å². The molecule has 0 bridgehead atoms. The second kappa shape index (κ2) is 7.91. The third-order valence-electron chi connectivity index (χ3n) is 3.90. The molecule has 1 aromatic rings. The lowest BCUT2D eigenvalue weighted by Crippen LogP contribution is -2.44. The molecule has 2 rings (SSSR count). The van der Waals surface area contributed by atoms with Crippen LogP contribution in [0.3, 0.4) is 0 Å². The van der Waals surface area contributed by atoms with Crippen molar-refractivity contribution in [3.8, 4) is 0 Å². The van der Waals surface area contributed by atoms with Crippen LogP contribution in [0.4, 0.5) is 4.79 Å². The van der Waals surface area contributed by atoms with Gasteiger partial charge in [0.2, 0.25) is 5.91 Å². The average Bonchev–Trinajstić information content (AvgIpc) is 2.87. The lowest BCUT2D eigenvalue weighted by Gasteiger charge is -2.22. The van der Waals surface area contributed by atoms with Gasteiger partial charge in [-0.05, 0) is 6.92 Å². The fourth-order valence-corrected chi connectivity index (χ4v) is 2.59. The van der Waals surface area contributed by atoms with Gasteiger partial charge in [-0.3, -0.25) is 4.79 Å². The highest BCUT2D eigenvalue weighted by Crippen LogP contribution is 2.05. The van der Waals surface area contributed by atoms with E-state index in [4.69, 9.17) is 0 Å². The third-order valence-corrected chi connectivity index (χ3v) is 3.90. The summed E-state index contributed by atoms with van der Waals surface area (Å²) in [5.41, 5.74) is 0. The van der Waals surface area contributed by atoms with Gasteiger partial charge in [0.1, 0.15) is 12.2 Å². The van der Waals surface area contributed by atoms with E-state index in [1.165, 1.54) is 11.8 Å².